The normalized spacial score (nSPS) is 13.6. The van der Waals surface area contributed by atoms with Gasteiger partial charge in [-0.05, 0) is 49.1 Å². The predicted molar refractivity (Wildman–Crippen MR) is 129 cm³/mol. The highest BCUT2D eigenvalue weighted by Gasteiger charge is 2.21. The lowest BCUT2D eigenvalue weighted by Gasteiger charge is -2.30. The molecule has 7 nitrogen and oxygen atoms in total. The summed E-state index contributed by atoms with van der Waals surface area (Å²) >= 11 is 6.33. The van der Waals surface area contributed by atoms with Crippen LogP contribution in [0.5, 0.6) is 0 Å². The van der Waals surface area contributed by atoms with E-state index in [0.29, 0.717) is 23.8 Å². The van der Waals surface area contributed by atoms with Gasteiger partial charge in [-0.1, -0.05) is 37.1 Å². The molecule has 172 valence electrons. The zero-order valence-electron chi connectivity index (χ0n) is 19.2. The van der Waals surface area contributed by atoms with E-state index in [1.807, 2.05) is 37.8 Å². The summed E-state index contributed by atoms with van der Waals surface area (Å²) < 4.78 is 1.19. The molecule has 1 aliphatic heterocycles. The Bertz CT molecular complexity index is 1230. The highest BCUT2D eigenvalue weighted by Crippen LogP contribution is 2.29. The van der Waals surface area contributed by atoms with Crippen molar-refractivity contribution in [3.05, 3.63) is 67.6 Å². The quantitative estimate of drug-likeness (QED) is 0.732. The van der Waals surface area contributed by atoms with Gasteiger partial charge in [0.15, 0.2) is 0 Å². The molecule has 1 aliphatic rings. The van der Waals surface area contributed by atoms with Crippen LogP contribution in [0.4, 0.5) is 5.69 Å². The van der Waals surface area contributed by atoms with Crippen LogP contribution in [0.15, 0.2) is 34.6 Å². The average molecular weight is 467 g/mol. The molecule has 1 aromatic carbocycles. The summed E-state index contributed by atoms with van der Waals surface area (Å²) in [6.07, 6.45) is 3.65. The van der Waals surface area contributed by atoms with Crippen molar-refractivity contribution >= 4 is 35.2 Å². The molecule has 1 aromatic heterocycles. The van der Waals surface area contributed by atoms with Gasteiger partial charge in [-0.15, -0.1) is 0 Å². The maximum absolute atomic E-state index is 12.8. The van der Waals surface area contributed by atoms with Crippen LogP contribution in [0, 0.1) is 24.2 Å². The Kier molecular flexibility index (Phi) is 7.39. The molecule has 3 rings (SSSR count). The van der Waals surface area contributed by atoms with Crippen LogP contribution in [0.25, 0.3) is 6.08 Å². The zero-order valence-corrected chi connectivity index (χ0v) is 20.0. The number of rotatable bonds is 4. The fourth-order valence-corrected chi connectivity index (χ4v) is 4.02. The van der Waals surface area contributed by atoms with Gasteiger partial charge in [-0.2, -0.15) is 5.26 Å². The first-order chi connectivity index (χ1) is 15.6. The maximum atomic E-state index is 12.8. The minimum Gasteiger partial charge on any atom is -0.342 e. The van der Waals surface area contributed by atoms with Gasteiger partial charge < -0.3 is 14.8 Å². The molecular formula is C25H27ClN4O3. The second-order valence-electron chi connectivity index (χ2n) is 8.54. The van der Waals surface area contributed by atoms with Crippen molar-refractivity contribution in [1.29, 1.82) is 5.26 Å². The number of piperidine rings is 1. The van der Waals surface area contributed by atoms with Crippen LogP contribution in [0.2, 0.25) is 5.02 Å². The number of benzene rings is 1. The molecule has 33 heavy (non-hydrogen) atoms. The van der Waals surface area contributed by atoms with Crippen LogP contribution >= 0.6 is 11.6 Å². The standard InChI is InChI=1S/C25H27ClN4O3/c1-15(2)25(33)30-7-5-17(6-8-30)9-18-10-20(26)13-22(16(18)3)28-24(32)19-11-21(14-27)29(4)23(31)12-19/h9-13,15H,5-8H2,1-4H3,(H,28,32). The van der Waals surface area contributed by atoms with E-state index in [-0.39, 0.29) is 23.1 Å². The number of nitrogens with one attached hydrogen (secondary N) is 1. The minimum atomic E-state index is -0.492. The first-order valence-corrected chi connectivity index (χ1v) is 11.2. The van der Waals surface area contributed by atoms with Gasteiger partial charge in [0.25, 0.3) is 11.5 Å². The Morgan fingerprint density at radius 2 is 1.85 bits per heavy atom. The first-order valence-electron chi connectivity index (χ1n) is 10.8. The number of aromatic nitrogens is 1. The molecule has 2 aromatic rings. The zero-order chi connectivity index (χ0) is 24.3. The highest BCUT2D eigenvalue weighted by atomic mass is 35.5. The Labute approximate surface area is 198 Å². The SMILES string of the molecule is Cc1c(C=C2CCN(C(=O)C(C)C)CC2)cc(Cl)cc1NC(=O)c1cc(C#N)n(C)c(=O)c1. The van der Waals surface area contributed by atoms with E-state index in [9.17, 15) is 19.6 Å². The molecule has 0 atom stereocenters. The highest BCUT2D eigenvalue weighted by molar-refractivity contribution is 6.31. The number of nitrogens with zero attached hydrogens (tertiary/aromatic N) is 3. The Morgan fingerprint density at radius 3 is 2.45 bits per heavy atom. The number of likely N-dealkylation sites (tertiary alicyclic amines) is 1. The third kappa shape index (κ3) is 5.52. The summed E-state index contributed by atoms with van der Waals surface area (Å²) in [7, 11) is 1.48. The lowest BCUT2D eigenvalue weighted by molar-refractivity contribution is -0.134. The van der Waals surface area contributed by atoms with Gasteiger partial charge in [-0.3, -0.25) is 14.4 Å². The Balaban J connectivity index is 1.82. The molecule has 0 aliphatic carbocycles. The second-order valence-corrected chi connectivity index (χ2v) is 8.98. The van der Waals surface area contributed by atoms with E-state index in [2.05, 4.69) is 11.4 Å². The maximum Gasteiger partial charge on any atom is 0.255 e. The van der Waals surface area contributed by atoms with Crippen LogP contribution in [-0.2, 0) is 11.8 Å². The van der Waals surface area contributed by atoms with Gasteiger partial charge >= 0.3 is 0 Å². The molecule has 0 saturated carbocycles. The van der Waals surface area contributed by atoms with Gasteiger partial charge in [0.2, 0.25) is 5.91 Å². The minimum absolute atomic E-state index is 0.00840. The molecule has 0 spiro atoms. The van der Waals surface area contributed by atoms with E-state index < -0.39 is 11.5 Å². The van der Waals surface area contributed by atoms with Crippen molar-refractivity contribution in [2.45, 2.75) is 33.6 Å². The van der Waals surface area contributed by atoms with Crippen molar-refractivity contribution in [1.82, 2.24) is 9.47 Å². The summed E-state index contributed by atoms with van der Waals surface area (Å²) in [4.78, 5) is 39.0. The van der Waals surface area contributed by atoms with Gasteiger partial charge in [0.1, 0.15) is 11.8 Å². The van der Waals surface area contributed by atoms with Gasteiger partial charge in [0, 0.05) is 48.4 Å². The number of hydrogen-bond acceptors (Lipinski definition) is 4. The number of halogens is 1. The third-order valence-corrected chi connectivity index (χ3v) is 6.09. The van der Waals surface area contributed by atoms with E-state index in [1.165, 1.54) is 29.3 Å². The van der Waals surface area contributed by atoms with Crippen molar-refractivity contribution in [2.24, 2.45) is 13.0 Å². The van der Waals surface area contributed by atoms with Crippen molar-refractivity contribution < 1.29 is 9.59 Å². The topological polar surface area (TPSA) is 95.2 Å². The van der Waals surface area contributed by atoms with E-state index in [4.69, 9.17) is 11.6 Å². The molecular weight excluding hydrogens is 440 g/mol. The smallest absolute Gasteiger partial charge is 0.255 e. The van der Waals surface area contributed by atoms with Crippen molar-refractivity contribution in [3.63, 3.8) is 0 Å². The third-order valence-electron chi connectivity index (χ3n) is 5.87. The van der Waals surface area contributed by atoms with Crippen LogP contribution in [-0.4, -0.2) is 34.4 Å². The molecule has 0 radical (unpaired) electrons. The summed E-state index contributed by atoms with van der Waals surface area (Å²) in [6.45, 7) is 7.09. The Morgan fingerprint density at radius 1 is 1.18 bits per heavy atom. The van der Waals surface area contributed by atoms with Crippen LogP contribution in [0.3, 0.4) is 0 Å². The molecule has 0 unspecified atom stereocenters. The average Bonchev–Trinajstić information content (AvgIpc) is 2.78. The second kappa shape index (κ2) is 10.1. The first kappa shape index (κ1) is 24.3. The number of nitriles is 1. The number of pyridine rings is 1. The molecule has 0 bridgehead atoms. The van der Waals surface area contributed by atoms with E-state index >= 15 is 0 Å². The van der Waals surface area contributed by atoms with Gasteiger partial charge in [0.05, 0.1) is 0 Å². The number of carbonyl (C=O) groups excluding carboxylic acids is 2. The lowest BCUT2D eigenvalue weighted by Crippen LogP contribution is -2.38. The fourth-order valence-electron chi connectivity index (χ4n) is 3.79. The summed E-state index contributed by atoms with van der Waals surface area (Å²) in [5.74, 6) is -0.326. The number of anilines is 1. The van der Waals surface area contributed by atoms with Gasteiger partial charge in [-0.25, -0.2) is 0 Å². The summed E-state index contributed by atoms with van der Waals surface area (Å²) in [5.41, 5.74) is 3.25. The predicted octanol–water partition coefficient (Wildman–Crippen LogP) is 4.13. The molecule has 2 amide bonds. The molecule has 2 heterocycles. The number of carbonyl (C=O) groups is 2. The summed E-state index contributed by atoms with van der Waals surface area (Å²) in [6, 6.07) is 8.00. The molecule has 8 heteroatoms. The monoisotopic (exact) mass is 466 g/mol. The van der Waals surface area contributed by atoms with Crippen LogP contribution in [0.1, 0.15) is 53.9 Å². The largest absolute Gasteiger partial charge is 0.342 e. The van der Waals surface area contributed by atoms with Crippen molar-refractivity contribution in [3.8, 4) is 6.07 Å². The Hall–Kier alpha value is -3.37. The van der Waals surface area contributed by atoms with E-state index in [0.717, 1.165) is 24.0 Å². The lowest BCUT2D eigenvalue weighted by atomic mass is 9.97. The fraction of sp³-hybridized carbons (Fsp3) is 0.360. The number of amides is 2. The molecule has 1 saturated heterocycles. The molecule has 1 N–H and O–H groups in total. The number of hydrogen-bond donors (Lipinski definition) is 1. The molecule has 1 fully saturated rings. The van der Waals surface area contributed by atoms with Crippen molar-refractivity contribution in [2.75, 3.05) is 18.4 Å². The van der Waals surface area contributed by atoms with E-state index in [1.54, 1.807) is 6.07 Å². The van der Waals surface area contributed by atoms with Crippen LogP contribution < -0.4 is 10.9 Å². The summed E-state index contributed by atoms with van der Waals surface area (Å²) in [5, 5.41) is 12.5.